The van der Waals surface area contributed by atoms with Gasteiger partial charge in [-0.05, 0) is 36.8 Å². The Morgan fingerprint density at radius 2 is 1.52 bits per heavy atom. The molecule has 0 fully saturated rings. The van der Waals surface area contributed by atoms with Crippen molar-refractivity contribution in [3.8, 4) is 0 Å². The SMILES string of the molecule is Cc1cccc(CC(=O)c2ccc(Sc3ccccc3)cc2)c1. The van der Waals surface area contributed by atoms with Crippen molar-refractivity contribution in [2.75, 3.05) is 0 Å². The monoisotopic (exact) mass is 318 g/mol. The molecular formula is C21H18OS. The van der Waals surface area contributed by atoms with Crippen LogP contribution >= 0.6 is 11.8 Å². The zero-order valence-electron chi connectivity index (χ0n) is 13.0. The van der Waals surface area contributed by atoms with E-state index in [1.54, 1.807) is 11.8 Å². The first-order valence-electron chi connectivity index (χ1n) is 7.62. The molecule has 0 unspecified atom stereocenters. The molecule has 0 heterocycles. The Hall–Kier alpha value is -2.32. The molecule has 0 aliphatic heterocycles. The van der Waals surface area contributed by atoms with Gasteiger partial charge in [0.1, 0.15) is 0 Å². The molecule has 0 spiro atoms. The van der Waals surface area contributed by atoms with Crippen LogP contribution in [-0.4, -0.2) is 5.78 Å². The van der Waals surface area contributed by atoms with Gasteiger partial charge in [-0.15, -0.1) is 0 Å². The average molecular weight is 318 g/mol. The number of benzene rings is 3. The number of hydrogen-bond donors (Lipinski definition) is 0. The number of ketones is 1. The second kappa shape index (κ2) is 7.30. The highest BCUT2D eigenvalue weighted by Gasteiger charge is 2.07. The minimum atomic E-state index is 0.159. The number of rotatable bonds is 5. The maximum atomic E-state index is 12.4. The normalized spacial score (nSPS) is 10.5. The van der Waals surface area contributed by atoms with E-state index in [9.17, 15) is 4.79 Å². The van der Waals surface area contributed by atoms with Gasteiger partial charge in [-0.25, -0.2) is 0 Å². The topological polar surface area (TPSA) is 17.1 Å². The summed E-state index contributed by atoms with van der Waals surface area (Å²) in [6.45, 7) is 2.05. The summed E-state index contributed by atoms with van der Waals surface area (Å²) in [6, 6.07) is 26.2. The third-order valence-electron chi connectivity index (χ3n) is 3.60. The van der Waals surface area contributed by atoms with Crippen LogP contribution in [0.5, 0.6) is 0 Å². The van der Waals surface area contributed by atoms with Crippen molar-refractivity contribution < 1.29 is 4.79 Å². The molecule has 0 N–H and O–H groups in total. The van der Waals surface area contributed by atoms with Crippen LogP contribution in [0.25, 0.3) is 0 Å². The number of carbonyl (C=O) groups is 1. The number of hydrogen-bond acceptors (Lipinski definition) is 2. The van der Waals surface area contributed by atoms with E-state index in [0.29, 0.717) is 6.42 Å². The lowest BCUT2D eigenvalue weighted by molar-refractivity contribution is 0.0993. The van der Waals surface area contributed by atoms with Crippen LogP contribution in [0, 0.1) is 6.92 Å². The van der Waals surface area contributed by atoms with Crippen molar-refractivity contribution in [2.45, 2.75) is 23.1 Å². The van der Waals surface area contributed by atoms with Gasteiger partial charge in [-0.2, -0.15) is 0 Å². The van der Waals surface area contributed by atoms with E-state index in [4.69, 9.17) is 0 Å². The van der Waals surface area contributed by atoms with E-state index in [1.807, 2.05) is 67.6 Å². The summed E-state index contributed by atoms with van der Waals surface area (Å²) in [5.41, 5.74) is 3.02. The average Bonchev–Trinajstić information content (AvgIpc) is 2.56. The van der Waals surface area contributed by atoms with Gasteiger partial charge in [0.15, 0.2) is 5.78 Å². The standard InChI is InChI=1S/C21H18OS/c1-16-6-5-7-17(14-16)15-21(22)18-10-12-20(13-11-18)23-19-8-3-2-4-9-19/h2-14H,15H2,1H3. The fourth-order valence-electron chi connectivity index (χ4n) is 2.44. The molecule has 23 heavy (non-hydrogen) atoms. The Kier molecular flexibility index (Phi) is 4.94. The van der Waals surface area contributed by atoms with Crippen LogP contribution in [0.4, 0.5) is 0 Å². The van der Waals surface area contributed by atoms with Crippen molar-refractivity contribution >= 4 is 17.5 Å². The van der Waals surface area contributed by atoms with Gasteiger partial charge >= 0.3 is 0 Å². The molecule has 0 bridgehead atoms. The maximum Gasteiger partial charge on any atom is 0.167 e. The van der Waals surface area contributed by atoms with Gasteiger partial charge in [0.25, 0.3) is 0 Å². The van der Waals surface area contributed by atoms with Gasteiger partial charge in [-0.1, -0.05) is 71.9 Å². The largest absolute Gasteiger partial charge is 0.294 e. The summed E-state index contributed by atoms with van der Waals surface area (Å²) in [5.74, 6) is 0.159. The highest BCUT2D eigenvalue weighted by molar-refractivity contribution is 7.99. The van der Waals surface area contributed by atoms with Gasteiger partial charge < -0.3 is 0 Å². The van der Waals surface area contributed by atoms with E-state index in [-0.39, 0.29) is 5.78 Å². The number of Topliss-reactive ketones (excluding diaryl/α,β-unsaturated/α-hetero) is 1. The quantitative estimate of drug-likeness (QED) is 0.572. The highest BCUT2D eigenvalue weighted by Crippen LogP contribution is 2.27. The summed E-state index contributed by atoms with van der Waals surface area (Å²) in [7, 11) is 0. The Bertz CT molecular complexity index is 792. The molecular weight excluding hydrogens is 300 g/mol. The summed E-state index contributed by atoms with van der Waals surface area (Å²) in [5, 5.41) is 0. The van der Waals surface area contributed by atoms with Crippen LogP contribution < -0.4 is 0 Å². The van der Waals surface area contributed by atoms with Crippen LogP contribution in [0.1, 0.15) is 21.5 Å². The molecule has 0 aromatic heterocycles. The third-order valence-corrected chi connectivity index (χ3v) is 4.62. The fourth-order valence-corrected chi connectivity index (χ4v) is 3.28. The van der Waals surface area contributed by atoms with Crippen molar-refractivity contribution in [1.82, 2.24) is 0 Å². The summed E-state index contributed by atoms with van der Waals surface area (Å²) in [4.78, 5) is 14.7. The van der Waals surface area contributed by atoms with Gasteiger partial charge in [-0.3, -0.25) is 4.79 Å². The van der Waals surface area contributed by atoms with Crippen molar-refractivity contribution in [3.63, 3.8) is 0 Å². The van der Waals surface area contributed by atoms with E-state index in [0.717, 1.165) is 16.0 Å². The Balaban J connectivity index is 1.68. The molecule has 3 rings (SSSR count). The molecule has 0 saturated heterocycles. The number of aryl methyl sites for hydroxylation is 1. The van der Waals surface area contributed by atoms with Gasteiger partial charge in [0.05, 0.1) is 0 Å². The second-order valence-electron chi connectivity index (χ2n) is 5.53. The zero-order valence-corrected chi connectivity index (χ0v) is 13.8. The Morgan fingerprint density at radius 1 is 0.826 bits per heavy atom. The first-order chi connectivity index (χ1) is 11.2. The lowest BCUT2D eigenvalue weighted by Crippen LogP contribution is -2.03. The van der Waals surface area contributed by atoms with Crippen molar-refractivity contribution in [2.24, 2.45) is 0 Å². The van der Waals surface area contributed by atoms with Crippen LogP contribution in [0.15, 0.2) is 88.7 Å². The molecule has 0 amide bonds. The molecule has 0 aliphatic rings. The van der Waals surface area contributed by atoms with Crippen molar-refractivity contribution in [1.29, 1.82) is 0 Å². The van der Waals surface area contributed by atoms with E-state index in [1.165, 1.54) is 10.5 Å². The second-order valence-corrected chi connectivity index (χ2v) is 6.68. The van der Waals surface area contributed by atoms with Crippen LogP contribution in [0.2, 0.25) is 0 Å². The molecule has 3 aromatic carbocycles. The predicted octanol–water partition coefficient (Wildman–Crippen LogP) is 5.57. The summed E-state index contributed by atoms with van der Waals surface area (Å²) < 4.78 is 0. The zero-order chi connectivity index (χ0) is 16.1. The predicted molar refractivity (Wildman–Crippen MR) is 96.2 cm³/mol. The summed E-state index contributed by atoms with van der Waals surface area (Å²) >= 11 is 1.70. The third kappa shape index (κ3) is 4.33. The smallest absolute Gasteiger partial charge is 0.167 e. The first kappa shape index (κ1) is 15.6. The molecule has 1 nitrogen and oxygen atoms in total. The lowest BCUT2D eigenvalue weighted by Gasteiger charge is -2.05. The fraction of sp³-hybridized carbons (Fsp3) is 0.0952. The molecule has 0 saturated carbocycles. The first-order valence-corrected chi connectivity index (χ1v) is 8.44. The van der Waals surface area contributed by atoms with Crippen molar-refractivity contribution in [3.05, 3.63) is 95.6 Å². The molecule has 0 aliphatic carbocycles. The van der Waals surface area contributed by atoms with E-state index >= 15 is 0 Å². The molecule has 2 heteroatoms. The van der Waals surface area contributed by atoms with Crippen LogP contribution in [-0.2, 0) is 6.42 Å². The highest BCUT2D eigenvalue weighted by atomic mass is 32.2. The summed E-state index contributed by atoms with van der Waals surface area (Å²) in [6.07, 6.45) is 0.451. The van der Waals surface area contributed by atoms with E-state index < -0.39 is 0 Å². The van der Waals surface area contributed by atoms with Gasteiger partial charge in [0, 0.05) is 21.8 Å². The van der Waals surface area contributed by atoms with Crippen LogP contribution in [0.3, 0.4) is 0 Å². The minimum absolute atomic E-state index is 0.159. The van der Waals surface area contributed by atoms with E-state index in [2.05, 4.69) is 18.2 Å². The Labute approximate surface area is 141 Å². The minimum Gasteiger partial charge on any atom is -0.294 e. The molecule has 3 aromatic rings. The number of carbonyl (C=O) groups excluding carboxylic acids is 1. The van der Waals surface area contributed by atoms with Gasteiger partial charge in [0.2, 0.25) is 0 Å². The lowest BCUT2D eigenvalue weighted by atomic mass is 10.0. The Morgan fingerprint density at radius 3 is 2.22 bits per heavy atom. The maximum absolute atomic E-state index is 12.4. The molecule has 0 atom stereocenters. The molecule has 0 radical (unpaired) electrons. The molecule has 114 valence electrons.